The van der Waals surface area contributed by atoms with Gasteiger partial charge in [0.25, 0.3) is 0 Å². The first kappa shape index (κ1) is 53.0. The number of aliphatic hydroxyl groups excluding tert-OH is 1. The number of nitrogens with zero attached hydrogens (tertiary/aromatic N) is 3. The average molecular weight is 1070 g/mol. The molecule has 422 valence electrons. The van der Waals surface area contributed by atoms with Gasteiger partial charge in [0.1, 0.15) is 36.6 Å². The van der Waals surface area contributed by atoms with Crippen LogP contribution in [0.5, 0.6) is 0 Å². The minimum atomic E-state index is -0.827. The van der Waals surface area contributed by atoms with E-state index in [-0.39, 0.29) is 141 Å². The molecule has 0 aromatic heterocycles. The van der Waals surface area contributed by atoms with E-state index in [1.807, 2.05) is 0 Å². The molecule has 14 fully saturated rings. The van der Waals surface area contributed by atoms with Crippen LogP contribution in [0.4, 0.5) is 0 Å². The number of hydrogen-bond donors (Lipinski definition) is 1. The number of carbonyl (C=O) groups is 1. The molecule has 14 saturated heterocycles. The number of esters is 1. The molecular weight excluding hydrogens is 983 g/mol. The molecule has 14 aliphatic rings. The van der Waals surface area contributed by atoms with Crippen molar-refractivity contribution in [2.45, 2.75) is 301 Å². The van der Waals surface area contributed by atoms with Crippen LogP contribution in [-0.2, 0) is 71.1 Å². The van der Waals surface area contributed by atoms with E-state index < -0.39 is 36.0 Å². The van der Waals surface area contributed by atoms with Crippen molar-refractivity contribution in [3.8, 4) is 0 Å². The highest BCUT2D eigenvalue weighted by Gasteiger charge is 2.69. The lowest BCUT2D eigenvalue weighted by Crippen LogP contribution is -2.61. The predicted octanol–water partition coefficient (Wildman–Crippen LogP) is 7.30. The number of rotatable bonds is 14. The molecule has 19 heteroatoms. The number of hydrogen-bond acceptors (Lipinski definition) is 17. The van der Waals surface area contributed by atoms with Gasteiger partial charge in [0.05, 0.1) is 123 Å². The fourth-order valence-electron chi connectivity index (χ4n) is 16.2. The zero-order valence-corrected chi connectivity index (χ0v) is 44.8. The number of ether oxygens (including phenoxy) is 14. The fraction of sp³-hybridized carbons (Fsp3) is 0.912. The number of aliphatic hydroxyl groups is 1. The van der Waals surface area contributed by atoms with Crippen LogP contribution < -0.4 is 0 Å². The van der Waals surface area contributed by atoms with E-state index >= 15 is 0 Å². The largest absolute Gasteiger partial charge is 0.460 e. The van der Waals surface area contributed by atoms with E-state index in [1.165, 1.54) is 5.57 Å². The summed E-state index contributed by atoms with van der Waals surface area (Å²) in [5.74, 6) is -1.29. The summed E-state index contributed by atoms with van der Waals surface area (Å²) >= 11 is 0. The number of carbonyl (C=O) groups excluding carboxylic acids is 1. The predicted molar refractivity (Wildman–Crippen MR) is 269 cm³/mol. The van der Waals surface area contributed by atoms with E-state index in [4.69, 9.17) is 71.8 Å². The van der Waals surface area contributed by atoms with Gasteiger partial charge in [0.15, 0.2) is 11.6 Å². The molecule has 14 rings (SSSR count). The Bertz CT molecular complexity index is 2200. The molecule has 0 radical (unpaired) electrons. The third kappa shape index (κ3) is 10.4. The summed E-state index contributed by atoms with van der Waals surface area (Å²) in [7, 11) is 0. The van der Waals surface area contributed by atoms with Gasteiger partial charge in [-0.3, -0.25) is 4.79 Å². The van der Waals surface area contributed by atoms with Crippen LogP contribution in [0, 0.1) is 11.8 Å². The minimum Gasteiger partial charge on any atom is -0.460 e. The second-order valence-electron chi connectivity index (χ2n) is 25.3. The average Bonchev–Trinajstić information content (AvgIpc) is 4.33. The third-order valence-electron chi connectivity index (χ3n) is 20.0. The van der Waals surface area contributed by atoms with Crippen molar-refractivity contribution in [2.24, 2.45) is 17.0 Å². The quantitative estimate of drug-likeness (QED) is 0.0594. The second kappa shape index (κ2) is 21.5. The van der Waals surface area contributed by atoms with Crippen molar-refractivity contribution < 1.29 is 76.2 Å². The lowest BCUT2D eigenvalue weighted by molar-refractivity contribution is -0.364. The maximum absolute atomic E-state index is 13.7. The summed E-state index contributed by atoms with van der Waals surface area (Å²) in [5.41, 5.74) is 11.2. The van der Waals surface area contributed by atoms with Crippen molar-refractivity contribution in [1.82, 2.24) is 0 Å². The van der Waals surface area contributed by atoms with Crippen LogP contribution in [0.15, 0.2) is 29.4 Å². The Morgan fingerprint density at radius 2 is 1.47 bits per heavy atom. The SMILES string of the molecule is C=C1C[C@H](CC[C@@]23C[C@H]4OC5[C@@H](O[C@H]6CC[C@H](CC(=O)O[C@H]7CO[C@H]8C[C@H]9O[C@@H](C[C@@H]%10O[C@@]%11(CC[C@@H]%10O)C[C@H](C)[C@@H]%10O[C@H](CN=[N+]=[N-])CC[C@@H]%10O%11)CC9OC8C7)O[C@@H]6[C@@H]5O2)[C@H]4O3)O[C@H]1CC[C@H]1C[C@@H](C)C(=C)[C@@H](CC)O1. The van der Waals surface area contributed by atoms with Crippen LogP contribution in [0.1, 0.15) is 149 Å². The molecule has 0 aliphatic carbocycles. The minimum absolute atomic E-state index is 0.0206. The lowest BCUT2D eigenvalue weighted by atomic mass is 9.81. The summed E-state index contributed by atoms with van der Waals surface area (Å²) in [6.07, 6.45) is 9.72. The molecule has 0 saturated carbocycles. The molecule has 1 spiro atoms. The Kier molecular flexibility index (Phi) is 15.0. The van der Waals surface area contributed by atoms with Gasteiger partial charge in [0.2, 0.25) is 0 Å². The van der Waals surface area contributed by atoms with Crippen LogP contribution >= 0.6 is 0 Å². The summed E-state index contributed by atoms with van der Waals surface area (Å²) in [4.78, 5) is 16.6. The van der Waals surface area contributed by atoms with Crippen molar-refractivity contribution in [2.75, 3.05) is 13.2 Å². The highest BCUT2D eigenvalue weighted by Crippen LogP contribution is 2.55. The molecule has 0 aromatic rings. The number of azide groups is 1. The van der Waals surface area contributed by atoms with Gasteiger partial charge in [-0.05, 0) is 99.1 Å². The fourth-order valence-corrected chi connectivity index (χ4v) is 16.2. The van der Waals surface area contributed by atoms with E-state index in [2.05, 4.69) is 44.0 Å². The van der Waals surface area contributed by atoms with Crippen molar-refractivity contribution in [3.63, 3.8) is 0 Å². The summed E-state index contributed by atoms with van der Waals surface area (Å²) < 4.78 is 92.7. The Labute approximate surface area is 446 Å². The topological polar surface area (TPSA) is 215 Å². The van der Waals surface area contributed by atoms with E-state index in [0.717, 1.165) is 63.4 Å². The molecule has 6 bridgehead atoms. The molecule has 1 N–H and O–H groups in total. The van der Waals surface area contributed by atoms with Crippen LogP contribution in [0.25, 0.3) is 10.4 Å². The Hall–Kier alpha value is -2.30. The second-order valence-corrected chi connectivity index (χ2v) is 25.3. The first-order chi connectivity index (χ1) is 36.8. The highest BCUT2D eigenvalue weighted by molar-refractivity contribution is 5.70. The lowest BCUT2D eigenvalue weighted by Gasteiger charge is -2.53. The van der Waals surface area contributed by atoms with Crippen LogP contribution in [0.3, 0.4) is 0 Å². The maximum atomic E-state index is 13.7. The molecule has 76 heavy (non-hydrogen) atoms. The molecule has 0 amide bonds. The summed E-state index contributed by atoms with van der Waals surface area (Å²) in [6, 6.07) is 0. The molecule has 14 aliphatic heterocycles. The van der Waals surface area contributed by atoms with Crippen molar-refractivity contribution in [1.29, 1.82) is 0 Å². The van der Waals surface area contributed by atoms with Gasteiger partial charge in [-0.1, -0.05) is 39.0 Å². The molecular formula is C57H83N3O16. The standard InChI is InChI=1S/C57H83N3O16/c1-6-39-31(5)28(2)17-32(64-39)7-10-40-29(3)18-34(65-40)13-15-57-25-48-52(75-57)53-54(72-48)55(76-57)51-41(71-53)11-8-33(68-51)22-49(62)67-37-21-45-44(63-27-37)23-47-46(70-45)20-36(66-47)19-43-38(61)14-16-56(74-43)24-30(4)50-42(73-56)12-9-35(69-50)26-59-60-58/h28,30,32-48,50-55,61H,3,5-27H2,1-2,4H3/t28-,30+,32+,33-,34+,35+,36+,37-,38+,39-,40+,41+,42+,43+,44+,45?,46?,47-,48-,50+,51+,52+,53+,54?,55+,56+,57+/m1/s1. The Morgan fingerprint density at radius 3 is 2.34 bits per heavy atom. The van der Waals surface area contributed by atoms with Crippen molar-refractivity contribution in [3.05, 3.63) is 34.7 Å². The van der Waals surface area contributed by atoms with Gasteiger partial charge >= 0.3 is 5.97 Å². The molecule has 19 nitrogen and oxygen atoms in total. The zero-order chi connectivity index (χ0) is 52.0. The van der Waals surface area contributed by atoms with Gasteiger partial charge < -0.3 is 71.4 Å². The van der Waals surface area contributed by atoms with E-state index in [0.29, 0.717) is 76.7 Å². The number of fused-ring (bicyclic) bond motifs is 4. The van der Waals surface area contributed by atoms with Gasteiger partial charge in [0, 0.05) is 56.3 Å². The van der Waals surface area contributed by atoms with Crippen molar-refractivity contribution >= 4 is 5.97 Å². The summed E-state index contributed by atoms with van der Waals surface area (Å²) in [6.45, 7) is 15.9. The van der Waals surface area contributed by atoms with Gasteiger partial charge in [-0.15, -0.1) is 0 Å². The Morgan fingerprint density at radius 1 is 0.697 bits per heavy atom. The normalized spacial score (nSPS) is 52.1. The van der Waals surface area contributed by atoms with Gasteiger partial charge in [-0.2, -0.15) is 0 Å². The van der Waals surface area contributed by atoms with E-state index in [9.17, 15) is 9.90 Å². The van der Waals surface area contributed by atoms with Crippen LogP contribution in [0.2, 0.25) is 0 Å². The summed E-state index contributed by atoms with van der Waals surface area (Å²) in [5, 5.41) is 14.9. The molecule has 14 heterocycles. The van der Waals surface area contributed by atoms with Crippen LogP contribution in [-0.4, -0.2) is 176 Å². The zero-order valence-electron chi connectivity index (χ0n) is 44.8. The maximum Gasteiger partial charge on any atom is 0.308 e. The Balaban J connectivity index is 0.566. The monoisotopic (exact) mass is 1070 g/mol. The van der Waals surface area contributed by atoms with E-state index in [1.54, 1.807) is 0 Å². The smallest absolute Gasteiger partial charge is 0.308 e. The molecule has 0 aromatic carbocycles. The highest BCUT2D eigenvalue weighted by atomic mass is 16.8. The van der Waals surface area contributed by atoms with Gasteiger partial charge in [-0.25, -0.2) is 0 Å². The third-order valence-corrected chi connectivity index (χ3v) is 20.0. The first-order valence-corrected chi connectivity index (χ1v) is 29.6. The molecule has 3 unspecified atom stereocenters. The first-order valence-electron chi connectivity index (χ1n) is 29.6. The molecule has 27 atom stereocenters.